The lowest BCUT2D eigenvalue weighted by Crippen LogP contribution is -2.37. The highest BCUT2D eigenvalue weighted by Crippen LogP contribution is 2.24. The Bertz CT molecular complexity index is 1040. The molecule has 4 rings (SSSR count). The number of benzene rings is 3. The summed E-state index contributed by atoms with van der Waals surface area (Å²) in [6, 6.07) is 27.5. The van der Waals surface area contributed by atoms with Crippen LogP contribution in [0.15, 0.2) is 90.0 Å². The maximum absolute atomic E-state index is 13.4. The SMILES string of the molecule is CCc1ccc(/C=C2\CN(Cc3ccccc3)C/C(=C\c3ccc(CC)cc3)C2=O)cc1. The molecule has 2 heteroatoms. The first-order chi connectivity index (χ1) is 15.6. The lowest BCUT2D eigenvalue weighted by molar-refractivity contribution is -0.113. The molecule has 0 aliphatic carbocycles. The van der Waals surface area contributed by atoms with E-state index in [4.69, 9.17) is 0 Å². The van der Waals surface area contributed by atoms with Crippen LogP contribution in [-0.4, -0.2) is 23.8 Å². The van der Waals surface area contributed by atoms with E-state index in [9.17, 15) is 4.79 Å². The molecule has 162 valence electrons. The second-order valence-corrected chi connectivity index (χ2v) is 8.49. The van der Waals surface area contributed by atoms with Crippen molar-refractivity contribution < 1.29 is 4.79 Å². The summed E-state index contributed by atoms with van der Waals surface area (Å²) in [6.45, 7) is 6.46. The summed E-state index contributed by atoms with van der Waals surface area (Å²) in [5.41, 5.74) is 7.76. The molecule has 2 nitrogen and oxygen atoms in total. The molecule has 0 bridgehead atoms. The predicted molar refractivity (Wildman–Crippen MR) is 134 cm³/mol. The third kappa shape index (κ3) is 5.52. The van der Waals surface area contributed by atoms with Crippen LogP contribution in [-0.2, 0) is 24.2 Å². The minimum absolute atomic E-state index is 0.161. The molecule has 1 saturated heterocycles. The van der Waals surface area contributed by atoms with Crippen LogP contribution in [0.25, 0.3) is 12.2 Å². The van der Waals surface area contributed by atoms with E-state index in [0.29, 0.717) is 13.1 Å². The summed E-state index contributed by atoms with van der Waals surface area (Å²) < 4.78 is 0. The van der Waals surface area contributed by atoms with Crippen LogP contribution in [0, 0.1) is 0 Å². The van der Waals surface area contributed by atoms with E-state index in [2.05, 4.69) is 104 Å². The number of nitrogens with zero attached hydrogens (tertiary/aromatic N) is 1. The molecule has 3 aromatic rings. The van der Waals surface area contributed by atoms with Crippen molar-refractivity contribution in [1.82, 2.24) is 4.90 Å². The standard InChI is InChI=1S/C30H31NO/c1-3-23-10-14-25(15-11-23)18-28-21-31(20-27-8-6-5-7-9-27)22-29(30(28)32)19-26-16-12-24(4-2)13-17-26/h5-19H,3-4,20-22H2,1-2H3/b28-18+,29-19+. The van der Waals surface area contributed by atoms with E-state index in [-0.39, 0.29) is 5.78 Å². The van der Waals surface area contributed by atoms with Crippen LogP contribution in [0.5, 0.6) is 0 Å². The molecule has 0 N–H and O–H groups in total. The summed E-state index contributed by atoms with van der Waals surface area (Å²) in [5, 5.41) is 0. The number of likely N-dealkylation sites (tertiary alicyclic amines) is 1. The van der Waals surface area contributed by atoms with E-state index in [1.807, 2.05) is 6.07 Å². The van der Waals surface area contributed by atoms with Gasteiger partial charge >= 0.3 is 0 Å². The Morgan fingerprint density at radius 1 is 0.656 bits per heavy atom. The molecular weight excluding hydrogens is 390 g/mol. The lowest BCUT2D eigenvalue weighted by atomic mass is 9.93. The zero-order valence-corrected chi connectivity index (χ0v) is 19.1. The average Bonchev–Trinajstić information content (AvgIpc) is 2.83. The van der Waals surface area contributed by atoms with Gasteiger partial charge in [-0.05, 0) is 52.8 Å². The van der Waals surface area contributed by atoms with Crippen molar-refractivity contribution in [3.63, 3.8) is 0 Å². The molecular formula is C30H31NO. The Hall–Kier alpha value is -3.23. The third-order valence-corrected chi connectivity index (χ3v) is 6.08. The van der Waals surface area contributed by atoms with Gasteiger partial charge in [0.15, 0.2) is 5.78 Å². The lowest BCUT2D eigenvalue weighted by Gasteiger charge is -2.30. The minimum Gasteiger partial charge on any atom is -0.290 e. The summed E-state index contributed by atoms with van der Waals surface area (Å²) in [4.78, 5) is 15.8. The number of rotatable bonds is 6. The minimum atomic E-state index is 0.161. The Morgan fingerprint density at radius 3 is 1.56 bits per heavy atom. The van der Waals surface area contributed by atoms with E-state index in [0.717, 1.165) is 41.7 Å². The highest BCUT2D eigenvalue weighted by molar-refractivity contribution is 6.14. The average molecular weight is 422 g/mol. The van der Waals surface area contributed by atoms with E-state index in [1.54, 1.807) is 0 Å². The van der Waals surface area contributed by atoms with Crippen molar-refractivity contribution in [3.8, 4) is 0 Å². The van der Waals surface area contributed by atoms with Gasteiger partial charge in [-0.3, -0.25) is 9.69 Å². The van der Waals surface area contributed by atoms with E-state index < -0.39 is 0 Å². The number of carbonyl (C=O) groups excluding carboxylic acids is 1. The van der Waals surface area contributed by atoms with Gasteiger partial charge in [-0.1, -0.05) is 92.7 Å². The van der Waals surface area contributed by atoms with Crippen molar-refractivity contribution in [3.05, 3.63) is 118 Å². The Balaban J connectivity index is 1.65. The van der Waals surface area contributed by atoms with Crippen LogP contribution in [0.4, 0.5) is 0 Å². The quantitative estimate of drug-likeness (QED) is 0.431. The third-order valence-electron chi connectivity index (χ3n) is 6.08. The van der Waals surface area contributed by atoms with Crippen molar-refractivity contribution >= 4 is 17.9 Å². The smallest absolute Gasteiger partial charge is 0.187 e. The first kappa shape index (κ1) is 22.0. The maximum Gasteiger partial charge on any atom is 0.187 e. The molecule has 1 aliphatic rings. The Labute approximate surface area is 191 Å². The monoisotopic (exact) mass is 421 g/mol. The molecule has 0 radical (unpaired) electrons. The topological polar surface area (TPSA) is 20.3 Å². The fourth-order valence-corrected chi connectivity index (χ4v) is 4.16. The van der Waals surface area contributed by atoms with Gasteiger partial charge in [-0.2, -0.15) is 0 Å². The Kier molecular flexibility index (Phi) is 7.14. The molecule has 0 atom stereocenters. The van der Waals surface area contributed by atoms with Gasteiger partial charge in [0.2, 0.25) is 0 Å². The molecule has 32 heavy (non-hydrogen) atoms. The van der Waals surface area contributed by atoms with Crippen molar-refractivity contribution in [2.75, 3.05) is 13.1 Å². The van der Waals surface area contributed by atoms with Gasteiger partial charge in [0.25, 0.3) is 0 Å². The second kappa shape index (κ2) is 10.4. The number of carbonyl (C=O) groups is 1. The van der Waals surface area contributed by atoms with Crippen LogP contribution >= 0.6 is 0 Å². The normalized spacial score (nSPS) is 17.2. The summed E-state index contributed by atoms with van der Waals surface area (Å²) in [5.74, 6) is 0.161. The van der Waals surface area contributed by atoms with E-state index in [1.165, 1.54) is 16.7 Å². The maximum atomic E-state index is 13.4. The molecule has 0 aromatic heterocycles. The summed E-state index contributed by atoms with van der Waals surface area (Å²) in [6.07, 6.45) is 6.16. The number of aryl methyl sites for hydroxylation is 2. The summed E-state index contributed by atoms with van der Waals surface area (Å²) >= 11 is 0. The van der Waals surface area contributed by atoms with Crippen molar-refractivity contribution in [1.29, 1.82) is 0 Å². The number of hydrogen-bond donors (Lipinski definition) is 0. The first-order valence-electron chi connectivity index (χ1n) is 11.5. The van der Waals surface area contributed by atoms with Gasteiger partial charge in [-0.25, -0.2) is 0 Å². The highest BCUT2D eigenvalue weighted by atomic mass is 16.1. The molecule has 3 aromatic carbocycles. The predicted octanol–water partition coefficient (Wildman–Crippen LogP) is 6.36. The van der Waals surface area contributed by atoms with Crippen LogP contribution in [0.2, 0.25) is 0 Å². The van der Waals surface area contributed by atoms with Gasteiger partial charge in [-0.15, -0.1) is 0 Å². The molecule has 0 amide bonds. The Morgan fingerprint density at radius 2 is 1.12 bits per heavy atom. The van der Waals surface area contributed by atoms with Gasteiger partial charge in [0.1, 0.15) is 0 Å². The number of Topliss-reactive ketones (excluding diaryl/α,β-unsaturated/α-hetero) is 1. The second-order valence-electron chi connectivity index (χ2n) is 8.49. The first-order valence-corrected chi connectivity index (χ1v) is 11.5. The van der Waals surface area contributed by atoms with E-state index >= 15 is 0 Å². The summed E-state index contributed by atoms with van der Waals surface area (Å²) in [7, 11) is 0. The number of hydrogen-bond acceptors (Lipinski definition) is 2. The fraction of sp³-hybridized carbons (Fsp3) is 0.233. The van der Waals surface area contributed by atoms with Crippen molar-refractivity contribution in [2.24, 2.45) is 0 Å². The zero-order valence-electron chi connectivity index (χ0n) is 19.1. The van der Waals surface area contributed by atoms with Crippen molar-refractivity contribution in [2.45, 2.75) is 33.2 Å². The van der Waals surface area contributed by atoms with Gasteiger partial charge < -0.3 is 0 Å². The van der Waals surface area contributed by atoms with Crippen LogP contribution in [0.1, 0.15) is 41.7 Å². The number of ketones is 1. The van der Waals surface area contributed by atoms with Gasteiger partial charge in [0.05, 0.1) is 0 Å². The zero-order chi connectivity index (χ0) is 22.3. The molecule has 1 heterocycles. The van der Waals surface area contributed by atoms with Crippen LogP contribution < -0.4 is 0 Å². The molecule has 0 spiro atoms. The molecule has 0 saturated carbocycles. The molecule has 1 aliphatic heterocycles. The molecule has 0 unspecified atom stereocenters. The van der Waals surface area contributed by atoms with Gasteiger partial charge in [0, 0.05) is 30.8 Å². The van der Waals surface area contributed by atoms with Crippen LogP contribution in [0.3, 0.4) is 0 Å². The number of piperidine rings is 1. The largest absolute Gasteiger partial charge is 0.290 e. The molecule has 1 fully saturated rings. The highest BCUT2D eigenvalue weighted by Gasteiger charge is 2.26. The fourth-order valence-electron chi connectivity index (χ4n) is 4.16.